The second kappa shape index (κ2) is 5.86. The van der Waals surface area contributed by atoms with Crippen LogP contribution in [0.1, 0.15) is 0 Å². The molecule has 8 heteroatoms. The first-order valence-electron chi connectivity index (χ1n) is 7.93. The number of hydrogen-bond donors (Lipinski definition) is 2. The fourth-order valence-electron chi connectivity index (χ4n) is 3.80. The summed E-state index contributed by atoms with van der Waals surface area (Å²) in [5.41, 5.74) is 6.04. The molecule has 0 bridgehead atoms. The van der Waals surface area contributed by atoms with Gasteiger partial charge in [-0.15, -0.1) is 0 Å². The Morgan fingerprint density at radius 3 is 2.74 bits per heavy atom. The van der Waals surface area contributed by atoms with Gasteiger partial charge in [0.1, 0.15) is 0 Å². The van der Waals surface area contributed by atoms with Gasteiger partial charge in [-0.05, 0) is 26.2 Å². The number of fused-ring (bicyclic) bond motifs is 1. The van der Waals surface area contributed by atoms with Crippen molar-refractivity contribution in [1.82, 2.24) is 9.80 Å². The molecular formula is C15H22ClN5O2. The third kappa shape index (κ3) is 2.62. The number of anilines is 1. The van der Waals surface area contributed by atoms with Crippen molar-refractivity contribution >= 4 is 23.0 Å². The summed E-state index contributed by atoms with van der Waals surface area (Å²) in [6.45, 7) is 3.46. The van der Waals surface area contributed by atoms with E-state index in [9.17, 15) is 5.21 Å². The second-order valence-corrected chi connectivity index (χ2v) is 6.95. The molecule has 3 aliphatic rings. The van der Waals surface area contributed by atoms with Crippen molar-refractivity contribution < 1.29 is 15.1 Å². The Morgan fingerprint density at radius 2 is 2.04 bits per heavy atom. The van der Waals surface area contributed by atoms with E-state index < -0.39 is 0 Å². The van der Waals surface area contributed by atoms with Gasteiger partial charge in [0, 0.05) is 36.3 Å². The lowest BCUT2D eigenvalue weighted by Gasteiger charge is -2.32. The van der Waals surface area contributed by atoms with Crippen LogP contribution >= 0.6 is 11.6 Å². The molecule has 1 aliphatic carbocycles. The van der Waals surface area contributed by atoms with E-state index >= 15 is 0 Å². The number of hydrogen-bond acceptors (Lipinski definition) is 5. The molecule has 2 N–H and O–H groups in total. The number of benzene rings is 1. The summed E-state index contributed by atoms with van der Waals surface area (Å²) in [4.78, 5) is 4.71. The molecule has 2 aliphatic heterocycles. The van der Waals surface area contributed by atoms with E-state index in [0.29, 0.717) is 22.8 Å². The van der Waals surface area contributed by atoms with Crippen molar-refractivity contribution in [3.05, 3.63) is 28.8 Å². The molecule has 2 heterocycles. The van der Waals surface area contributed by atoms with E-state index in [1.165, 1.54) is 0 Å². The van der Waals surface area contributed by atoms with Gasteiger partial charge in [-0.1, -0.05) is 11.6 Å². The summed E-state index contributed by atoms with van der Waals surface area (Å²) in [5.74, 6) is 0. The first kappa shape index (κ1) is 15.6. The van der Waals surface area contributed by atoms with Gasteiger partial charge in [0.2, 0.25) is 0 Å². The van der Waals surface area contributed by atoms with Crippen molar-refractivity contribution in [2.24, 2.45) is 0 Å². The number of ether oxygens (including phenoxy) is 1. The largest absolute Gasteiger partial charge is 0.412 e. The van der Waals surface area contributed by atoms with Crippen LogP contribution in [0.25, 0.3) is 5.53 Å². The van der Waals surface area contributed by atoms with Gasteiger partial charge in [0.15, 0.2) is 5.69 Å². The Hall–Kier alpha value is -0.930. The summed E-state index contributed by atoms with van der Waals surface area (Å²) in [6, 6.07) is 6.56. The van der Waals surface area contributed by atoms with E-state index in [0.717, 1.165) is 32.0 Å². The summed E-state index contributed by atoms with van der Waals surface area (Å²) in [6.07, 6.45) is 0. The summed E-state index contributed by atoms with van der Waals surface area (Å²) in [5, 5.41) is 12.8. The zero-order valence-corrected chi connectivity index (χ0v) is 14.1. The molecule has 0 radical (unpaired) electrons. The van der Waals surface area contributed by atoms with E-state index in [2.05, 4.69) is 29.4 Å². The van der Waals surface area contributed by atoms with Crippen LogP contribution in [0.3, 0.4) is 0 Å². The minimum absolute atomic E-state index is 0.0487. The van der Waals surface area contributed by atoms with Crippen LogP contribution in [-0.2, 0) is 4.74 Å². The first-order chi connectivity index (χ1) is 11.1. The lowest BCUT2D eigenvalue weighted by Crippen LogP contribution is -2.99. The lowest BCUT2D eigenvalue weighted by molar-refractivity contribution is -0.999. The molecule has 0 amide bonds. The Bertz CT molecular complexity index is 595. The number of morpholine rings is 1. The van der Waals surface area contributed by atoms with Crippen LogP contribution < -0.4 is 10.2 Å². The fraction of sp³-hybridized carbons (Fsp3) is 0.600. The molecule has 4 rings (SSSR count). The van der Waals surface area contributed by atoms with Crippen LogP contribution in [0.15, 0.2) is 18.2 Å². The Balaban J connectivity index is 1.60. The molecule has 3 unspecified atom stereocenters. The van der Waals surface area contributed by atoms with Crippen LogP contribution in [-0.4, -0.2) is 73.5 Å². The maximum Gasteiger partial charge on any atom is 0.178 e. The number of nitrogens with one attached hydrogen (secondary N) is 1. The van der Waals surface area contributed by atoms with Crippen molar-refractivity contribution in [2.75, 3.05) is 45.4 Å². The molecule has 1 saturated carbocycles. The van der Waals surface area contributed by atoms with Crippen molar-refractivity contribution in [2.45, 2.75) is 18.1 Å². The maximum absolute atomic E-state index is 10.2. The number of likely N-dealkylation sites (N-methyl/N-ethyl adjacent to an activating group) is 1. The fourth-order valence-corrected chi connectivity index (χ4v) is 3.97. The molecule has 1 saturated heterocycles. The van der Waals surface area contributed by atoms with Gasteiger partial charge in [-0.2, -0.15) is 0 Å². The van der Waals surface area contributed by atoms with Gasteiger partial charge in [-0.3, -0.25) is 4.90 Å². The number of nitrogens with zero attached hydrogens (tertiary/aromatic N) is 4. The first-order valence-corrected chi connectivity index (χ1v) is 8.30. The minimum Gasteiger partial charge on any atom is -0.412 e. The predicted molar refractivity (Wildman–Crippen MR) is 87.1 cm³/mol. The molecule has 0 aromatic heterocycles. The zero-order chi connectivity index (χ0) is 16.1. The lowest BCUT2D eigenvalue weighted by atomic mass is 10.2. The van der Waals surface area contributed by atoms with E-state index in [1.54, 1.807) is 6.07 Å². The summed E-state index contributed by atoms with van der Waals surface area (Å²) >= 11 is 6.05. The Kier molecular flexibility index (Phi) is 3.97. The highest BCUT2D eigenvalue weighted by molar-refractivity contribution is 6.31. The smallest absolute Gasteiger partial charge is 0.178 e. The Morgan fingerprint density at radius 1 is 1.30 bits per heavy atom. The van der Waals surface area contributed by atoms with Gasteiger partial charge in [0.05, 0.1) is 24.9 Å². The topological polar surface area (TPSA) is 57.7 Å². The molecular weight excluding hydrogens is 318 g/mol. The van der Waals surface area contributed by atoms with Gasteiger partial charge >= 0.3 is 0 Å². The highest BCUT2D eigenvalue weighted by Crippen LogP contribution is 2.44. The summed E-state index contributed by atoms with van der Waals surface area (Å²) < 4.78 is 5.47. The number of rotatable bonds is 3. The third-order valence-corrected chi connectivity index (χ3v) is 5.14. The monoisotopic (exact) mass is 339 g/mol. The van der Waals surface area contributed by atoms with Crippen molar-refractivity contribution in [3.63, 3.8) is 0 Å². The number of quaternary nitrogens is 1. The third-order valence-electron chi connectivity index (χ3n) is 4.90. The average molecular weight is 340 g/mol. The standard InChI is InChI=1S/C15H22ClN5O2/c1-18(2)13-14(19-5-7-23-8-6-19)15(13)20-11-4-3-10(16)9-12(11)21(22)17-20/h3-4,9,13-15,21-22H,5-8H2,1-2H3/t13-,14?,15?/m0/s1. The molecule has 1 aromatic rings. The zero-order valence-electron chi connectivity index (χ0n) is 13.3. The predicted octanol–water partition coefficient (Wildman–Crippen LogP) is 0.283. The summed E-state index contributed by atoms with van der Waals surface area (Å²) in [7, 11) is 4.20. The highest BCUT2D eigenvalue weighted by atomic mass is 35.5. The normalized spacial score (nSPS) is 34.0. The molecule has 0 spiro atoms. The van der Waals surface area contributed by atoms with Gasteiger partial charge < -0.3 is 20.2 Å². The molecule has 7 nitrogen and oxygen atoms in total. The highest BCUT2D eigenvalue weighted by Gasteiger charge is 2.57. The van der Waals surface area contributed by atoms with Crippen LogP contribution in [0.5, 0.6) is 0 Å². The van der Waals surface area contributed by atoms with Crippen LogP contribution in [0.4, 0.5) is 11.4 Å². The quantitative estimate of drug-likeness (QED) is 0.828. The second-order valence-electron chi connectivity index (χ2n) is 6.51. The SMILES string of the molecule is CN(C)[C@H]1C(N2CCOCC2)C1N1[N-][NH+](O)c2cc(Cl)ccc21. The van der Waals surface area contributed by atoms with E-state index in [-0.39, 0.29) is 11.2 Å². The Labute approximate surface area is 140 Å². The average Bonchev–Trinajstić information content (AvgIpc) is 3.21. The minimum atomic E-state index is 0.0487. The maximum atomic E-state index is 10.2. The molecule has 1 aromatic carbocycles. The van der Waals surface area contributed by atoms with Crippen LogP contribution in [0, 0.1) is 0 Å². The van der Waals surface area contributed by atoms with Crippen molar-refractivity contribution in [3.8, 4) is 0 Å². The van der Waals surface area contributed by atoms with Gasteiger partial charge in [0.25, 0.3) is 0 Å². The van der Waals surface area contributed by atoms with Crippen molar-refractivity contribution in [1.29, 1.82) is 0 Å². The molecule has 4 atom stereocenters. The van der Waals surface area contributed by atoms with E-state index in [4.69, 9.17) is 16.3 Å². The number of halogens is 1. The van der Waals surface area contributed by atoms with E-state index in [1.807, 2.05) is 17.1 Å². The van der Waals surface area contributed by atoms with Gasteiger partial charge in [-0.25, -0.2) is 10.4 Å². The molecule has 126 valence electrons. The molecule has 23 heavy (non-hydrogen) atoms. The van der Waals surface area contributed by atoms with Crippen LogP contribution in [0.2, 0.25) is 5.02 Å². The molecule has 2 fully saturated rings.